The summed E-state index contributed by atoms with van der Waals surface area (Å²) in [5.41, 5.74) is 2.97. The van der Waals surface area contributed by atoms with Crippen LogP contribution in [0.5, 0.6) is 5.75 Å². The molecule has 1 aromatic carbocycles. The van der Waals surface area contributed by atoms with E-state index >= 15 is 0 Å². The number of phenols is 1. The molecule has 0 amide bonds. The molecule has 2 aliphatic heterocycles. The van der Waals surface area contributed by atoms with Crippen molar-refractivity contribution in [1.82, 2.24) is 15.0 Å². The Morgan fingerprint density at radius 2 is 1.45 bits per heavy atom. The van der Waals surface area contributed by atoms with Crippen molar-refractivity contribution < 1.29 is 10.0 Å². The summed E-state index contributed by atoms with van der Waals surface area (Å²) in [5.74, 6) is 1.27. The SMILES string of the molecule is O=[N+]([O-])c1cc(/C=N/Nc2nc(N3CCCCCC3)nc(N3CCCCCC3)n2)ccc1O. The third-order valence-corrected chi connectivity index (χ3v) is 5.96. The molecule has 1 aromatic heterocycles. The van der Waals surface area contributed by atoms with Gasteiger partial charge in [-0.2, -0.15) is 20.1 Å². The average molecular weight is 455 g/mol. The molecule has 2 aromatic rings. The Kier molecular flexibility index (Phi) is 7.48. The highest BCUT2D eigenvalue weighted by Gasteiger charge is 2.19. The van der Waals surface area contributed by atoms with E-state index in [1.165, 1.54) is 44.0 Å². The molecule has 0 aliphatic carbocycles. The number of nitrogens with one attached hydrogen (secondary N) is 1. The summed E-state index contributed by atoms with van der Waals surface area (Å²) < 4.78 is 0. The number of anilines is 3. The Hall–Kier alpha value is -3.50. The highest BCUT2D eigenvalue weighted by molar-refractivity contribution is 5.81. The van der Waals surface area contributed by atoms with Gasteiger partial charge in [-0.3, -0.25) is 10.1 Å². The molecule has 2 aliphatic rings. The minimum absolute atomic E-state index is 0.341. The summed E-state index contributed by atoms with van der Waals surface area (Å²) in [6.07, 6.45) is 10.8. The van der Waals surface area contributed by atoms with Crippen LogP contribution in [0.4, 0.5) is 23.5 Å². The van der Waals surface area contributed by atoms with E-state index in [9.17, 15) is 15.2 Å². The highest BCUT2D eigenvalue weighted by Crippen LogP contribution is 2.26. The molecule has 3 heterocycles. The summed E-state index contributed by atoms with van der Waals surface area (Å²) in [6, 6.07) is 4.09. The number of rotatable bonds is 6. The Morgan fingerprint density at radius 3 is 1.97 bits per heavy atom. The highest BCUT2D eigenvalue weighted by atomic mass is 16.6. The first-order valence-electron chi connectivity index (χ1n) is 11.6. The lowest BCUT2D eigenvalue weighted by molar-refractivity contribution is -0.385. The Morgan fingerprint density at radius 1 is 0.909 bits per heavy atom. The number of phenolic OH excluding ortho intramolecular Hbond substituents is 1. The molecule has 0 bridgehead atoms. The predicted octanol–water partition coefficient (Wildman–Crippen LogP) is 3.69. The van der Waals surface area contributed by atoms with Gasteiger partial charge < -0.3 is 14.9 Å². The van der Waals surface area contributed by atoms with Crippen LogP contribution in [0.1, 0.15) is 56.9 Å². The molecule has 11 heteroatoms. The molecule has 0 spiro atoms. The van der Waals surface area contributed by atoms with Crippen molar-refractivity contribution in [2.75, 3.05) is 41.4 Å². The molecule has 0 atom stereocenters. The summed E-state index contributed by atoms with van der Waals surface area (Å²) in [5, 5.41) is 24.8. The molecule has 2 N–H and O–H groups in total. The zero-order valence-electron chi connectivity index (χ0n) is 18.7. The van der Waals surface area contributed by atoms with Crippen molar-refractivity contribution in [1.29, 1.82) is 0 Å². The summed E-state index contributed by atoms with van der Waals surface area (Å²) in [4.78, 5) is 28.9. The molecule has 0 saturated carbocycles. The smallest absolute Gasteiger partial charge is 0.311 e. The van der Waals surface area contributed by atoms with Gasteiger partial charge >= 0.3 is 5.69 Å². The first-order chi connectivity index (χ1) is 16.1. The number of nitrogens with zero attached hydrogens (tertiary/aromatic N) is 7. The van der Waals surface area contributed by atoms with Gasteiger partial charge in [-0.05, 0) is 37.8 Å². The van der Waals surface area contributed by atoms with Crippen LogP contribution < -0.4 is 15.2 Å². The Balaban J connectivity index is 1.57. The standard InChI is InChI=1S/C22H30N8O3/c31-19-10-9-17(15-18(19)30(32)33)16-23-27-20-24-21(28-11-5-1-2-6-12-28)26-22(25-20)29-13-7-3-4-8-14-29/h9-10,15-16,31H,1-8,11-14H2,(H,24,25,26,27)/b23-16+. The van der Waals surface area contributed by atoms with Crippen LogP contribution in [-0.4, -0.2) is 57.4 Å². The molecule has 2 saturated heterocycles. The predicted molar refractivity (Wildman–Crippen MR) is 127 cm³/mol. The van der Waals surface area contributed by atoms with E-state index in [1.54, 1.807) is 6.07 Å². The number of hydrazone groups is 1. The van der Waals surface area contributed by atoms with Gasteiger partial charge in [0.25, 0.3) is 0 Å². The van der Waals surface area contributed by atoms with Gasteiger partial charge in [-0.25, -0.2) is 5.43 Å². The van der Waals surface area contributed by atoms with Gasteiger partial charge in [0.2, 0.25) is 17.8 Å². The van der Waals surface area contributed by atoms with E-state index in [-0.39, 0.29) is 11.4 Å². The summed E-state index contributed by atoms with van der Waals surface area (Å²) in [7, 11) is 0. The number of hydrogen-bond acceptors (Lipinski definition) is 10. The first kappa shape index (κ1) is 22.7. The van der Waals surface area contributed by atoms with E-state index in [1.807, 2.05) is 0 Å². The minimum Gasteiger partial charge on any atom is -0.502 e. The number of nitro benzene ring substituents is 1. The number of aromatic nitrogens is 3. The van der Waals surface area contributed by atoms with Crippen molar-refractivity contribution in [3.8, 4) is 5.75 Å². The van der Waals surface area contributed by atoms with Crippen molar-refractivity contribution in [2.24, 2.45) is 5.10 Å². The summed E-state index contributed by atoms with van der Waals surface area (Å²) in [6.45, 7) is 3.68. The van der Waals surface area contributed by atoms with E-state index in [2.05, 4.69) is 30.3 Å². The fourth-order valence-electron chi connectivity index (χ4n) is 4.16. The van der Waals surface area contributed by atoms with Gasteiger partial charge in [-0.1, -0.05) is 25.7 Å². The van der Waals surface area contributed by atoms with Crippen LogP contribution in [0, 0.1) is 10.1 Å². The second kappa shape index (κ2) is 10.9. The maximum Gasteiger partial charge on any atom is 0.311 e. The van der Waals surface area contributed by atoms with E-state index < -0.39 is 4.92 Å². The van der Waals surface area contributed by atoms with Gasteiger partial charge in [0.15, 0.2) is 5.75 Å². The number of benzene rings is 1. The van der Waals surface area contributed by atoms with Crippen molar-refractivity contribution in [2.45, 2.75) is 51.4 Å². The molecular weight excluding hydrogens is 424 g/mol. The molecule has 0 radical (unpaired) electrons. The van der Waals surface area contributed by atoms with Crippen LogP contribution in [0.25, 0.3) is 0 Å². The van der Waals surface area contributed by atoms with Gasteiger partial charge in [0, 0.05) is 37.8 Å². The third kappa shape index (κ3) is 6.05. The molecular formula is C22H30N8O3. The Labute approximate surface area is 192 Å². The topological polar surface area (TPSA) is 133 Å². The molecule has 33 heavy (non-hydrogen) atoms. The monoisotopic (exact) mass is 454 g/mol. The second-order valence-electron chi connectivity index (χ2n) is 8.44. The lowest BCUT2D eigenvalue weighted by atomic mass is 10.2. The zero-order chi connectivity index (χ0) is 23.0. The van der Waals surface area contributed by atoms with E-state index in [0.717, 1.165) is 51.9 Å². The van der Waals surface area contributed by atoms with Gasteiger partial charge in [0.05, 0.1) is 11.1 Å². The van der Waals surface area contributed by atoms with Crippen LogP contribution in [-0.2, 0) is 0 Å². The first-order valence-corrected chi connectivity index (χ1v) is 11.6. The third-order valence-electron chi connectivity index (χ3n) is 5.96. The molecule has 0 unspecified atom stereocenters. The fourth-order valence-corrected chi connectivity index (χ4v) is 4.16. The summed E-state index contributed by atoms with van der Waals surface area (Å²) >= 11 is 0. The molecule has 11 nitrogen and oxygen atoms in total. The molecule has 176 valence electrons. The normalized spacial score (nSPS) is 17.6. The Bertz CT molecular complexity index is 945. The van der Waals surface area contributed by atoms with Crippen molar-refractivity contribution >= 4 is 29.7 Å². The van der Waals surface area contributed by atoms with Gasteiger partial charge in [-0.15, -0.1) is 0 Å². The average Bonchev–Trinajstić information content (AvgIpc) is 3.25. The van der Waals surface area contributed by atoms with Crippen molar-refractivity contribution in [3.05, 3.63) is 33.9 Å². The lowest BCUT2D eigenvalue weighted by Crippen LogP contribution is -2.30. The largest absolute Gasteiger partial charge is 0.502 e. The number of aromatic hydroxyl groups is 1. The van der Waals surface area contributed by atoms with E-state index in [0.29, 0.717) is 23.4 Å². The zero-order valence-corrected chi connectivity index (χ0v) is 18.7. The fraction of sp³-hybridized carbons (Fsp3) is 0.545. The second-order valence-corrected chi connectivity index (χ2v) is 8.44. The maximum absolute atomic E-state index is 11.0. The van der Waals surface area contributed by atoms with E-state index in [4.69, 9.17) is 4.98 Å². The van der Waals surface area contributed by atoms with Crippen LogP contribution in [0.3, 0.4) is 0 Å². The maximum atomic E-state index is 11.0. The van der Waals surface area contributed by atoms with Crippen molar-refractivity contribution in [3.63, 3.8) is 0 Å². The van der Waals surface area contributed by atoms with Crippen LogP contribution in [0.2, 0.25) is 0 Å². The minimum atomic E-state index is -0.632. The molecule has 4 rings (SSSR count). The quantitative estimate of drug-likeness (QED) is 0.381. The molecule has 2 fully saturated rings. The lowest BCUT2D eigenvalue weighted by Gasteiger charge is -2.24. The number of hydrogen-bond donors (Lipinski definition) is 2. The van der Waals surface area contributed by atoms with Crippen LogP contribution in [0.15, 0.2) is 23.3 Å². The van der Waals surface area contributed by atoms with Gasteiger partial charge in [0.1, 0.15) is 0 Å². The van der Waals surface area contributed by atoms with Crippen LogP contribution >= 0.6 is 0 Å². The number of nitro groups is 1.